The summed E-state index contributed by atoms with van der Waals surface area (Å²) in [5.74, 6) is 1.56. The van der Waals surface area contributed by atoms with Crippen LogP contribution in [0.1, 0.15) is 24.8 Å². The van der Waals surface area contributed by atoms with Gasteiger partial charge in [-0.3, -0.25) is 0 Å². The lowest BCUT2D eigenvalue weighted by Gasteiger charge is -2.27. The van der Waals surface area contributed by atoms with Crippen LogP contribution in [0.2, 0.25) is 0 Å². The predicted octanol–water partition coefficient (Wildman–Crippen LogP) is 3.08. The summed E-state index contributed by atoms with van der Waals surface area (Å²) in [6.45, 7) is 2.13. The van der Waals surface area contributed by atoms with Gasteiger partial charge in [0.05, 0.1) is 11.6 Å². The number of rotatable bonds is 3. The lowest BCUT2D eigenvalue weighted by atomic mass is 10.1. The highest BCUT2D eigenvalue weighted by molar-refractivity contribution is 5.56. The van der Waals surface area contributed by atoms with Crippen LogP contribution in [-0.4, -0.2) is 23.1 Å². The van der Waals surface area contributed by atoms with Crippen LogP contribution >= 0.6 is 0 Å². The Kier molecular flexibility index (Phi) is 3.97. The predicted molar refractivity (Wildman–Crippen MR) is 82.5 cm³/mol. The molecule has 0 aliphatic carbocycles. The van der Waals surface area contributed by atoms with Crippen LogP contribution in [0.5, 0.6) is 0 Å². The lowest BCUT2D eigenvalue weighted by Crippen LogP contribution is -2.30. The molecule has 1 aromatic carbocycles. The molecule has 21 heavy (non-hydrogen) atoms. The number of hydrogen-bond acceptors (Lipinski definition) is 5. The molecular formula is C16H17N5. The van der Waals surface area contributed by atoms with E-state index in [1.54, 1.807) is 18.3 Å². The molecule has 1 N–H and O–H groups in total. The molecule has 2 aromatic rings. The second-order valence-corrected chi connectivity index (χ2v) is 5.10. The summed E-state index contributed by atoms with van der Waals surface area (Å²) in [5.41, 5.74) is 1.52. The molecule has 1 aliphatic heterocycles. The highest BCUT2D eigenvalue weighted by atomic mass is 15.2. The Balaban J connectivity index is 1.74. The van der Waals surface area contributed by atoms with Gasteiger partial charge in [0.2, 0.25) is 5.95 Å². The van der Waals surface area contributed by atoms with Gasteiger partial charge in [0, 0.05) is 25.0 Å². The molecule has 0 unspecified atom stereocenters. The maximum absolute atomic E-state index is 8.80. The Morgan fingerprint density at radius 1 is 1.05 bits per heavy atom. The maximum atomic E-state index is 8.80. The maximum Gasteiger partial charge on any atom is 0.229 e. The number of nitriles is 1. The first-order valence-corrected chi connectivity index (χ1v) is 7.20. The summed E-state index contributed by atoms with van der Waals surface area (Å²) >= 11 is 0. The molecular weight excluding hydrogens is 262 g/mol. The van der Waals surface area contributed by atoms with E-state index >= 15 is 0 Å². The first-order chi connectivity index (χ1) is 10.3. The standard InChI is InChI=1S/C16H17N5/c17-12-13-4-6-14(7-5-13)19-16-18-9-8-15(20-16)21-10-2-1-3-11-21/h4-9H,1-3,10-11H2,(H,18,19,20). The SMILES string of the molecule is N#Cc1ccc(Nc2nccc(N3CCCCC3)n2)cc1. The van der Waals surface area contributed by atoms with Gasteiger partial charge >= 0.3 is 0 Å². The highest BCUT2D eigenvalue weighted by Gasteiger charge is 2.12. The van der Waals surface area contributed by atoms with Crippen LogP contribution in [0.4, 0.5) is 17.5 Å². The molecule has 0 atom stereocenters. The molecule has 0 saturated carbocycles. The Hall–Kier alpha value is -2.61. The molecule has 0 spiro atoms. The smallest absolute Gasteiger partial charge is 0.229 e. The zero-order valence-electron chi connectivity index (χ0n) is 11.8. The number of benzene rings is 1. The minimum atomic E-state index is 0.586. The fourth-order valence-corrected chi connectivity index (χ4v) is 2.47. The third-order valence-electron chi connectivity index (χ3n) is 3.59. The molecule has 1 fully saturated rings. The third kappa shape index (κ3) is 3.29. The van der Waals surface area contributed by atoms with Gasteiger partial charge in [-0.15, -0.1) is 0 Å². The van der Waals surface area contributed by atoms with Gasteiger partial charge in [0.25, 0.3) is 0 Å². The number of anilines is 3. The minimum Gasteiger partial charge on any atom is -0.356 e. The zero-order chi connectivity index (χ0) is 14.5. The molecule has 0 radical (unpaired) electrons. The highest BCUT2D eigenvalue weighted by Crippen LogP contribution is 2.20. The topological polar surface area (TPSA) is 64.8 Å². The van der Waals surface area contributed by atoms with Gasteiger partial charge in [-0.1, -0.05) is 0 Å². The van der Waals surface area contributed by atoms with Crippen molar-refractivity contribution in [1.29, 1.82) is 5.26 Å². The number of hydrogen-bond donors (Lipinski definition) is 1. The van der Waals surface area contributed by atoms with E-state index in [-0.39, 0.29) is 0 Å². The summed E-state index contributed by atoms with van der Waals surface area (Å²) in [5, 5.41) is 12.0. The summed E-state index contributed by atoms with van der Waals surface area (Å²) in [6.07, 6.45) is 5.53. The molecule has 1 aromatic heterocycles. The van der Waals surface area contributed by atoms with Crippen molar-refractivity contribution in [2.24, 2.45) is 0 Å². The Morgan fingerprint density at radius 2 is 1.81 bits per heavy atom. The Morgan fingerprint density at radius 3 is 2.52 bits per heavy atom. The molecule has 106 valence electrons. The fraction of sp³-hybridized carbons (Fsp3) is 0.312. The summed E-state index contributed by atoms with van der Waals surface area (Å²) in [4.78, 5) is 11.1. The van der Waals surface area contributed by atoms with Crippen LogP contribution in [0, 0.1) is 11.3 Å². The first kappa shape index (κ1) is 13.4. The fourth-order valence-electron chi connectivity index (χ4n) is 2.47. The summed E-state index contributed by atoms with van der Waals surface area (Å²) < 4.78 is 0. The molecule has 3 rings (SSSR count). The van der Waals surface area contributed by atoms with Gasteiger partial charge in [0.1, 0.15) is 5.82 Å². The van der Waals surface area contributed by atoms with Crippen LogP contribution < -0.4 is 10.2 Å². The van der Waals surface area contributed by atoms with Crippen LogP contribution in [0.15, 0.2) is 36.5 Å². The lowest BCUT2D eigenvalue weighted by molar-refractivity contribution is 0.573. The van der Waals surface area contributed by atoms with Crippen molar-refractivity contribution in [1.82, 2.24) is 9.97 Å². The number of nitrogens with one attached hydrogen (secondary N) is 1. The largest absolute Gasteiger partial charge is 0.356 e. The molecule has 2 heterocycles. The number of nitrogens with zero attached hydrogens (tertiary/aromatic N) is 4. The number of piperidine rings is 1. The Bertz CT molecular complexity index is 638. The van der Waals surface area contributed by atoms with Gasteiger partial charge < -0.3 is 10.2 Å². The second-order valence-electron chi connectivity index (χ2n) is 5.10. The zero-order valence-corrected chi connectivity index (χ0v) is 11.8. The van der Waals surface area contributed by atoms with E-state index in [0.717, 1.165) is 24.6 Å². The summed E-state index contributed by atoms with van der Waals surface area (Å²) in [7, 11) is 0. The van der Waals surface area contributed by atoms with Crippen molar-refractivity contribution in [3.05, 3.63) is 42.1 Å². The van der Waals surface area contributed by atoms with Crippen LogP contribution in [-0.2, 0) is 0 Å². The van der Waals surface area contributed by atoms with E-state index < -0.39 is 0 Å². The molecule has 1 saturated heterocycles. The van der Waals surface area contributed by atoms with Crippen molar-refractivity contribution in [2.45, 2.75) is 19.3 Å². The summed E-state index contributed by atoms with van der Waals surface area (Å²) in [6, 6.07) is 11.3. The van der Waals surface area contributed by atoms with Gasteiger partial charge in [0.15, 0.2) is 0 Å². The van der Waals surface area contributed by atoms with Gasteiger partial charge in [-0.2, -0.15) is 10.2 Å². The van der Waals surface area contributed by atoms with Crippen molar-refractivity contribution in [3.8, 4) is 6.07 Å². The van der Waals surface area contributed by atoms with E-state index in [0.29, 0.717) is 11.5 Å². The van der Waals surface area contributed by atoms with Gasteiger partial charge in [-0.25, -0.2) is 4.98 Å². The molecule has 0 amide bonds. The first-order valence-electron chi connectivity index (χ1n) is 7.20. The molecule has 0 bridgehead atoms. The van der Waals surface area contributed by atoms with E-state index in [1.807, 2.05) is 18.2 Å². The molecule has 5 nitrogen and oxygen atoms in total. The van der Waals surface area contributed by atoms with Crippen molar-refractivity contribution in [3.63, 3.8) is 0 Å². The van der Waals surface area contributed by atoms with Crippen molar-refractivity contribution < 1.29 is 0 Å². The monoisotopic (exact) mass is 279 g/mol. The average Bonchev–Trinajstić information content (AvgIpc) is 2.57. The van der Waals surface area contributed by atoms with Crippen LogP contribution in [0.3, 0.4) is 0 Å². The van der Waals surface area contributed by atoms with E-state index in [9.17, 15) is 0 Å². The van der Waals surface area contributed by atoms with Gasteiger partial charge in [-0.05, 0) is 49.6 Å². The molecule has 5 heteroatoms. The van der Waals surface area contributed by atoms with E-state index in [2.05, 4.69) is 26.3 Å². The third-order valence-corrected chi connectivity index (χ3v) is 3.59. The quantitative estimate of drug-likeness (QED) is 0.935. The second kappa shape index (κ2) is 6.23. The average molecular weight is 279 g/mol. The van der Waals surface area contributed by atoms with Crippen molar-refractivity contribution in [2.75, 3.05) is 23.3 Å². The van der Waals surface area contributed by atoms with Crippen molar-refractivity contribution >= 4 is 17.5 Å². The normalized spacial score (nSPS) is 14.5. The van der Waals surface area contributed by atoms with E-state index in [4.69, 9.17) is 5.26 Å². The van der Waals surface area contributed by atoms with Crippen LogP contribution in [0.25, 0.3) is 0 Å². The molecule has 1 aliphatic rings. The Labute approximate surface area is 124 Å². The van der Waals surface area contributed by atoms with E-state index in [1.165, 1.54) is 19.3 Å². The number of aromatic nitrogens is 2. The minimum absolute atomic E-state index is 0.586.